The van der Waals surface area contributed by atoms with Gasteiger partial charge in [-0.2, -0.15) is 0 Å². The lowest BCUT2D eigenvalue weighted by atomic mass is 9.96. The first-order valence-corrected chi connectivity index (χ1v) is 10.3. The fourth-order valence-electron chi connectivity index (χ4n) is 3.76. The fraction of sp³-hybridized carbons (Fsp3) is 0. The van der Waals surface area contributed by atoms with Crippen LogP contribution in [0.2, 0.25) is 0 Å². The van der Waals surface area contributed by atoms with Gasteiger partial charge in [-0.1, -0.05) is 60.7 Å². The Labute approximate surface area is 185 Å². The van der Waals surface area contributed by atoms with Crippen molar-refractivity contribution >= 4 is 0 Å². The molecule has 0 saturated heterocycles. The zero-order valence-electron chi connectivity index (χ0n) is 17.1. The van der Waals surface area contributed by atoms with E-state index in [2.05, 4.69) is 41.4 Å². The summed E-state index contributed by atoms with van der Waals surface area (Å²) in [7, 11) is 0. The lowest BCUT2D eigenvalue weighted by Gasteiger charge is -2.13. The highest BCUT2D eigenvalue weighted by atomic mass is 19.1. The molecule has 0 saturated carbocycles. The minimum absolute atomic E-state index is 0.0143. The minimum atomic E-state index is -0.425. The van der Waals surface area contributed by atoms with E-state index in [9.17, 15) is 9.50 Å². The van der Waals surface area contributed by atoms with Gasteiger partial charge in [-0.15, -0.1) is 0 Å². The van der Waals surface area contributed by atoms with Crippen LogP contribution in [0, 0.1) is 5.82 Å². The van der Waals surface area contributed by atoms with Crippen LogP contribution in [-0.2, 0) is 0 Å². The topological polar surface area (TPSA) is 46.0 Å². The first-order valence-electron chi connectivity index (χ1n) is 10.3. The van der Waals surface area contributed by atoms with Crippen molar-refractivity contribution in [1.82, 2.24) is 9.97 Å². The highest BCUT2D eigenvalue weighted by molar-refractivity contribution is 5.84. The molecule has 1 N–H and O–H groups in total. The lowest BCUT2D eigenvalue weighted by molar-refractivity contribution is 0.475. The SMILES string of the molecule is Oc1ccc(F)cc1-c1ccc(-c2ccc(-c3ccccc3)cc2)c(-c2ccncc2)n1. The normalized spacial score (nSPS) is 10.8. The van der Waals surface area contributed by atoms with Gasteiger partial charge in [0.05, 0.1) is 11.4 Å². The van der Waals surface area contributed by atoms with Crippen molar-refractivity contribution in [2.24, 2.45) is 0 Å². The summed E-state index contributed by atoms with van der Waals surface area (Å²) < 4.78 is 13.8. The first-order chi connectivity index (χ1) is 15.7. The van der Waals surface area contributed by atoms with E-state index in [1.165, 1.54) is 18.2 Å². The van der Waals surface area contributed by atoms with Crippen LogP contribution in [0.4, 0.5) is 4.39 Å². The fourth-order valence-corrected chi connectivity index (χ4v) is 3.76. The third kappa shape index (κ3) is 3.86. The summed E-state index contributed by atoms with van der Waals surface area (Å²) in [5, 5.41) is 10.3. The van der Waals surface area contributed by atoms with Crippen LogP contribution >= 0.6 is 0 Å². The molecule has 0 aliphatic heterocycles. The molecule has 5 aromatic rings. The van der Waals surface area contributed by atoms with Gasteiger partial charge in [0.25, 0.3) is 0 Å². The summed E-state index contributed by atoms with van der Waals surface area (Å²) in [6.45, 7) is 0. The Morgan fingerprint density at radius 3 is 2.03 bits per heavy atom. The molecule has 2 heterocycles. The zero-order valence-corrected chi connectivity index (χ0v) is 17.1. The van der Waals surface area contributed by atoms with Crippen molar-refractivity contribution in [2.45, 2.75) is 0 Å². The molecule has 0 amide bonds. The summed E-state index contributed by atoms with van der Waals surface area (Å²) in [4.78, 5) is 8.93. The van der Waals surface area contributed by atoms with Gasteiger partial charge in [0.1, 0.15) is 11.6 Å². The van der Waals surface area contributed by atoms with Gasteiger partial charge < -0.3 is 5.11 Å². The molecule has 3 aromatic carbocycles. The number of halogens is 1. The molecular formula is C28H19FN2O. The highest BCUT2D eigenvalue weighted by Crippen LogP contribution is 2.36. The predicted molar refractivity (Wildman–Crippen MR) is 125 cm³/mol. The Kier molecular flexibility index (Phi) is 5.18. The maximum atomic E-state index is 13.8. The highest BCUT2D eigenvalue weighted by Gasteiger charge is 2.14. The van der Waals surface area contributed by atoms with Gasteiger partial charge >= 0.3 is 0 Å². The van der Waals surface area contributed by atoms with E-state index in [-0.39, 0.29) is 5.75 Å². The van der Waals surface area contributed by atoms with Crippen molar-refractivity contribution in [3.05, 3.63) is 115 Å². The first kappa shape index (κ1) is 19.6. The molecule has 0 spiro atoms. The third-order valence-corrected chi connectivity index (χ3v) is 5.39. The van der Waals surface area contributed by atoms with E-state index >= 15 is 0 Å². The van der Waals surface area contributed by atoms with Gasteiger partial charge in [-0.05, 0) is 53.1 Å². The number of phenolic OH excluding ortho intramolecular Hbond substituents is 1. The van der Waals surface area contributed by atoms with Gasteiger partial charge in [0.2, 0.25) is 0 Å². The molecule has 3 nitrogen and oxygen atoms in total. The number of benzene rings is 3. The van der Waals surface area contributed by atoms with Gasteiger partial charge in [-0.25, -0.2) is 9.37 Å². The molecule has 0 bridgehead atoms. The van der Waals surface area contributed by atoms with Crippen LogP contribution in [-0.4, -0.2) is 15.1 Å². The van der Waals surface area contributed by atoms with Crippen molar-refractivity contribution in [1.29, 1.82) is 0 Å². The summed E-state index contributed by atoms with van der Waals surface area (Å²) >= 11 is 0. The number of hydrogen-bond donors (Lipinski definition) is 1. The van der Waals surface area contributed by atoms with Crippen LogP contribution in [0.25, 0.3) is 44.8 Å². The average Bonchev–Trinajstić information content (AvgIpc) is 2.86. The van der Waals surface area contributed by atoms with Crippen LogP contribution in [0.5, 0.6) is 5.75 Å². The summed E-state index contributed by atoms with van der Waals surface area (Å²) in [6, 6.07) is 29.9. The zero-order chi connectivity index (χ0) is 21.9. The van der Waals surface area contributed by atoms with Crippen LogP contribution in [0.3, 0.4) is 0 Å². The smallest absolute Gasteiger partial charge is 0.125 e. The number of pyridine rings is 2. The monoisotopic (exact) mass is 418 g/mol. The van der Waals surface area contributed by atoms with E-state index in [1.807, 2.05) is 36.4 Å². The molecule has 4 heteroatoms. The van der Waals surface area contributed by atoms with Gasteiger partial charge in [0.15, 0.2) is 0 Å². The molecule has 0 fully saturated rings. The maximum absolute atomic E-state index is 13.8. The summed E-state index contributed by atoms with van der Waals surface area (Å²) in [5.74, 6) is -0.440. The Hall–Kier alpha value is -4.31. The molecule has 0 unspecified atom stereocenters. The molecular weight excluding hydrogens is 399 g/mol. The molecule has 0 aliphatic rings. The molecule has 5 rings (SSSR count). The van der Waals surface area contributed by atoms with Crippen molar-refractivity contribution in [2.75, 3.05) is 0 Å². The minimum Gasteiger partial charge on any atom is -0.507 e. The molecule has 0 radical (unpaired) electrons. The Morgan fingerprint density at radius 1 is 0.594 bits per heavy atom. The van der Waals surface area contributed by atoms with Crippen molar-refractivity contribution in [3.8, 4) is 50.5 Å². The van der Waals surface area contributed by atoms with Gasteiger partial charge in [-0.3, -0.25) is 4.98 Å². The van der Waals surface area contributed by atoms with Gasteiger partial charge in [0, 0.05) is 29.1 Å². The average molecular weight is 418 g/mol. The van der Waals surface area contributed by atoms with E-state index in [4.69, 9.17) is 4.98 Å². The number of phenols is 1. The van der Waals surface area contributed by atoms with E-state index < -0.39 is 5.82 Å². The molecule has 154 valence electrons. The second-order valence-corrected chi connectivity index (χ2v) is 7.43. The van der Waals surface area contributed by atoms with Crippen LogP contribution < -0.4 is 0 Å². The Morgan fingerprint density at radius 2 is 1.28 bits per heavy atom. The van der Waals surface area contributed by atoms with E-state index in [1.54, 1.807) is 18.5 Å². The quantitative estimate of drug-likeness (QED) is 0.342. The number of rotatable bonds is 4. The largest absolute Gasteiger partial charge is 0.507 e. The van der Waals surface area contributed by atoms with Crippen molar-refractivity contribution < 1.29 is 9.50 Å². The molecule has 0 atom stereocenters. The number of nitrogens with zero attached hydrogens (tertiary/aromatic N) is 2. The standard InChI is InChI=1S/C28H19FN2O/c29-23-10-13-27(32)25(18-23)26-12-11-24(28(31-26)22-14-16-30-17-15-22)21-8-6-20(7-9-21)19-4-2-1-3-5-19/h1-18,32H. The summed E-state index contributed by atoms with van der Waals surface area (Å²) in [6.07, 6.45) is 3.43. The third-order valence-electron chi connectivity index (χ3n) is 5.39. The second-order valence-electron chi connectivity index (χ2n) is 7.43. The van der Waals surface area contributed by atoms with Crippen LogP contribution in [0.15, 0.2) is 109 Å². The number of aromatic hydroxyl groups is 1. The molecule has 2 aromatic heterocycles. The molecule has 0 aliphatic carbocycles. The number of hydrogen-bond acceptors (Lipinski definition) is 3. The molecule has 32 heavy (non-hydrogen) atoms. The van der Waals surface area contributed by atoms with Crippen LogP contribution in [0.1, 0.15) is 0 Å². The van der Waals surface area contributed by atoms with E-state index in [0.29, 0.717) is 11.3 Å². The Bertz CT molecular complexity index is 1370. The van der Waals surface area contributed by atoms with E-state index in [0.717, 1.165) is 33.5 Å². The Balaban J connectivity index is 1.63. The second kappa shape index (κ2) is 8.44. The summed E-state index contributed by atoms with van der Waals surface area (Å²) in [5.41, 5.74) is 6.72. The lowest BCUT2D eigenvalue weighted by Crippen LogP contribution is -1.94. The maximum Gasteiger partial charge on any atom is 0.125 e. The van der Waals surface area contributed by atoms with Crippen molar-refractivity contribution in [3.63, 3.8) is 0 Å². The number of aromatic nitrogens is 2. The predicted octanol–water partition coefficient (Wildman–Crippen LogP) is 6.99.